The lowest BCUT2D eigenvalue weighted by Gasteiger charge is -2.06. The van der Waals surface area contributed by atoms with Crippen molar-refractivity contribution in [2.75, 3.05) is 0 Å². The minimum Gasteiger partial charge on any atom is -0.364 e. The molecule has 29 heavy (non-hydrogen) atoms. The molecule has 0 aliphatic carbocycles. The molecule has 1 amide bonds. The summed E-state index contributed by atoms with van der Waals surface area (Å²) in [5.74, 6) is -0.314. The van der Waals surface area contributed by atoms with Gasteiger partial charge in [0.15, 0.2) is 5.78 Å². The van der Waals surface area contributed by atoms with Gasteiger partial charge in [0.25, 0.3) is 5.91 Å². The van der Waals surface area contributed by atoms with Crippen LogP contribution in [0.1, 0.15) is 136 Å². The lowest BCUT2D eigenvalue weighted by atomic mass is 10.0. The van der Waals surface area contributed by atoms with E-state index in [2.05, 4.69) is 16.9 Å². The molecule has 0 saturated carbocycles. The molecule has 0 saturated heterocycles. The Balaban J connectivity index is 2.00. The Morgan fingerprint density at radius 1 is 0.793 bits per heavy atom. The number of nitrogens with zero attached hydrogens (tertiary/aromatic N) is 2. The van der Waals surface area contributed by atoms with Crippen molar-refractivity contribution in [2.24, 2.45) is 5.73 Å². The zero-order valence-electron chi connectivity index (χ0n) is 18.7. The van der Waals surface area contributed by atoms with Crippen LogP contribution in [-0.4, -0.2) is 21.7 Å². The number of aromatic nitrogens is 2. The summed E-state index contributed by atoms with van der Waals surface area (Å²) in [4.78, 5) is 31.8. The molecule has 0 radical (unpaired) electrons. The van der Waals surface area contributed by atoms with Gasteiger partial charge in [-0.15, -0.1) is 0 Å². The Kier molecular flexibility index (Phi) is 14.0. The summed E-state index contributed by atoms with van der Waals surface area (Å²) in [5, 5.41) is 0. The zero-order valence-corrected chi connectivity index (χ0v) is 18.7. The normalized spacial score (nSPS) is 11.0. The van der Waals surface area contributed by atoms with E-state index in [1.165, 1.54) is 83.2 Å². The van der Waals surface area contributed by atoms with E-state index in [0.717, 1.165) is 19.3 Å². The van der Waals surface area contributed by atoms with Crippen molar-refractivity contribution in [1.82, 2.24) is 9.97 Å². The fourth-order valence-electron chi connectivity index (χ4n) is 3.65. The first kappa shape index (κ1) is 25.3. The molecule has 5 heteroatoms. The maximum Gasteiger partial charge on any atom is 0.268 e. The van der Waals surface area contributed by atoms with Gasteiger partial charge in [0, 0.05) is 12.6 Å². The molecule has 0 atom stereocenters. The van der Waals surface area contributed by atoms with Gasteiger partial charge >= 0.3 is 0 Å². The molecule has 0 fully saturated rings. The first-order valence-corrected chi connectivity index (χ1v) is 11.7. The molecule has 0 spiro atoms. The summed E-state index contributed by atoms with van der Waals surface area (Å²) >= 11 is 0. The second-order valence-electron chi connectivity index (χ2n) is 8.17. The first-order chi connectivity index (χ1) is 14.1. The highest BCUT2D eigenvalue weighted by atomic mass is 16.1. The summed E-state index contributed by atoms with van der Waals surface area (Å²) in [6, 6.07) is 0. The third kappa shape index (κ3) is 11.7. The summed E-state index contributed by atoms with van der Waals surface area (Å²) in [5.41, 5.74) is 5.63. The molecule has 1 aromatic rings. The number of unbranched alkanes of at least 4 members (excludes halogenated alkanes) is 14. The van der Waals surface area contributed by atoms with Crippen LogP contribution < -0.4 is 5.73 Å². The number of carbonyl (C=O) groups excluding carboxylic acids is 2. The molecule has 0 bridgehead atoms. The maximum atomic E-state index is 12.3. The number of amides is 1. The molecule has 0 aliphatic rings. The van der Waals surface area contributed by atoms with E-state index in [-0.39, 0.29) is 17.0 Å². The Morgan fingerprint density at radius 2 is 1.24 bits per heavy atom. The number of nitrogens with two attached hydrogens (primary N) is 1. The van der Waals surface area contributed by atoms with Crippen LogP contribution in [0.25, 0.3) is 0 Å². The van der Waals surface area contributed by atoms with Crippen LogP contribution in [-0.2, 0) is 0 Å². The Hall–Kier alpha value is -1.78. The molecule has 2 N–H and O–H groups in total. The first-order valence-electron chi connectivity index (χ1n) is 11.7. The largest absolute Gasteiger partial charge is 0.364 e. The molecule has 1 heterocycles. The van der Waals surface area contributed by atoms with Crippen LogP contribution in [0.5, 0.6) is 0 Å². The van der Waals surface area contributed by atoms with Crippen molar-refractivity contribution in [3.8, 4) is 0 Å². The van der Waals surface area contributed by atoms with Crippen LogP contribution in [0.15, 0.2) is 6.20 Å². The average molecular weight is 404 g/mol. The Labute approximate surface area is 177 Å². The molecular formula is C24H41N3O2. The van der Waals surface area contributed by atoms with E-state index < -0.39 is 5.91 Å². The SMILES string of the molecule is CCCCCCCCCCCCCCCCCC(=O)c1cnc(C)nc1C(N)=O. The van der Waals surface area contributed by atoms with E-state index in [0.29, 0.717) is 12.2 Å². The van der Waals surface area contributed by atoms with Crippen LogP contribution in [0, 0.1) is 6.92 Å². The quantitative estimate of drug-likeness (QED) is 0.229. The van der Waals surface area contributed by atoms with Gasteiger partial charge in [-0.05, 0) is 13.3 Å². The Morgan fingerprint density at radius 3 is 1.69 bits per heavy atom. The molecular weight excluding hydrogens is 362 g/mol. The van der Waals surface area contributed by atoms with Gasteiger partial charge in [-0.3, -0.25) is 9.59 Å². The summed E-state index contributed by atoms with van der Waals surface area (Å²) in [6.07, 6.45) is 21.2. The zero-order chi connectivity index (χ0) is 21.3. The number of Topliss-reactive ketones (excluding diaryl/α,β-unsaturated/α-hetero) is 1. The van der Waals surface area contributed by atoms with Crippen molar-refractivity contribution in [1.29, 1.82) is 0 Å². The highest BCUT2D eigenvalue weighted by Crippen LogP contribution is 2.15. The number of ketones is 1. The molecule has 0 unspecified atom stereocenters. The van der Waals surface area contributed by atoms with Gasteiger partial charge in [-0.1, -0.05) is 96.8 Å². The average Bonchev–Trinajstić information content (AvgIpc) is 2.70. The smallest absolute Gasteiger partial charge is 0.268 e. The number of rotatable bonds is 18. The number of carbonyl (C=O) groups is 2. The number of aryl methyl sites for hydroxylation is 1. The van der Waals surface area contributed by atoms with Gasteiger partial charge in [0.1, 0.15) is 11.5 Å². The second kappa shape index (κ2) is 16.1. The van der Waals surface area contributed by atoms with Crippen molar-refractivity contribution < 1.29 is 9.59 Å². The minimum absolute atomic E-state index is 0.0449. The number of hydrogen-bond acceptors (Lipinski definition) is 4. The summed E-state index contributed by atoms with van der Waals surface area (Å²) in [7, 11) is 0. The molecule has 0 aromatic carbocycles. The minimum atomic E-state index is -0.671. The fraction of sp³-hybridized carbons (Fsp3) is 0.750. The highest BCUT2D eigenvalue weighted by molar-refractivity contribution is 6.06. The summed E-state index contributed by atoms with van der Waals surface area (Å²) in [6.45, 7) is 3.94. The van der Waals surface area contributed by atoms with Crippen LogP contribution in [0.2, 0.25) is 0 Å². The van der Waals surface area contributed by atoms with Crippen LogP contribution in [0.3, 0.4) is 0 Å². The van der Waals surface area contributed by atoms with Gasteiger partial charge in [-0.25, -0.2) is 9.97 Å². The van der Waals surface area contributed by atoms with Crippen molar-refractivity contribution >= 4 is 11.7 Å². The van der Waals surface area contributed by atoms with Gasteiger partial charge < -0.3 is 5.73 Å². The van der Waals surface area contributed by atoms with Crippen molar-refractivity contribution in [2.45, 2.75) is 117 Å². The van der Waals surface area contributed by atoms with E-state index in [4.69, 9.17) is 5.73 Å². The maximum absolute atomic E-state index is 12.3. The molecule has 164 valence electrons. The number of hydrogen-bond donors (Lipinski definition) is 1. The third-order valence-corrected chi connectivity index (χ3v) is 5.45. The molecule has 0 aliphatic heterocycles. The van der Waals surface area contributed by atoms with E-state index in [9.17, 15) is 9.59 Å². The highest BCUT2D eigenvalue weighted by Gasteiger charge is 2.17. The molecule has 1 rings (SSSR count). The fourth-order valence-corrected chi connectivity index (χ4v) is 3.65. The topological polar surface area (TPSA) is 85.9 Å². The van der Waals surface area contributed by atoms with Crippen LogP contribution in [0.4, 0.5) is 0 Å². The van der Waals surface area contributed by atoms with Gasteiger partial charge in [0.2, 0.25) is 0 Å². The second-order valence-corrected chi connectivity index (χ2v) is 8.17. The van der Waals surface area contributed by atoms with E-state index >= 15 is 0 Å². The monoisotopic (exact) mass is 403 g/mol. The van der Waals surface area contributed by atoms with Crippen molar-refractivity contribution in [3.63, 3.8) is 0 Å². The predicted octanol–water partition coefficient (Wildman–Crippen LogP) is 6.33. The summed E-state index contributed by atoms with van der Waals surface area (Å²) < 4.78 is 0. The Bertz CT molecular complexity index is 602. The van der Waals surface area contributed by atoms with Crippen LogP contribution >= 0.6 is 0 Å². The number of primary amides is 1. The third-order valence-electron chi connectivity index (χ3n) is 5.45. The van der Waals surface area contributed by atoms with E-state index in [1.807, 2.05) is 0 Å². The van der Waals surface area contributed by atoms with Gasteiger partial charge in [0.05, 0.1) is 5.56 Å². The molecule has 5 nitrogen and oxygen atoms in total. The van der Waals surface area contributed by atoms with Crippen molar-refractivity contribution in [3.05, 3.63) is 23.3 Å². The standard InChI is InChI=1S/C24H41N3O2/c1-3-4-5-6-7-8-9-10-11-12-13-14-15-16-17-18-22(28)21-19-26-20(2)27-23(21)24(25)29/h19H,3-18H2,1-2H3,(H2,25,29). The predicted molar refractivity (Wildman–Crippen MR) is 119 cm³/mol. The lowest BCUT2D eigenvalue weighted by Crippen LogP contribution is -2.19. The van der Waals surface area contributed by atoms with E-state index in [1.54, 1.807) is 6.92 Å². The lowest BCUT2D eigenvalue weighted by molar-refractivity contribution is 0.0951. The van der Waals surface area contributed by atoms with Gasteiger partial charge in [-0.2, -0.15) is 0 Å². The molecule has 1 aromatic heterocycles.